The van der Waals surface area contributed by atoms with Gasteiger partial charge in [-0.2, -0.15) is 0 Å². The van der Waals surface area contributed by atoms with Gasteiger partial charge in [0.2, 0.25) is 0 Å². The number of piperidine rings is 1. The SMILES string of the molecule is Fc1cccc(CN2CCC(Nc3ncnc4sc(CCl)cc34)CC2)c1. The number of thiophene rings is 1. The molecule has 0 spiro atoms. The van der Waals surface area contributed by atoms with Crippen LogP contribution in [0, 0.1) is 5.82 Å². The first-order chi connectivity index (χ1) is 12.7. The molecule has 2 aromatic heterocycles. The number of alkyl halides is 1. The third-order valence-corrected chi connectivity index (χ3v) is 6.23. The Balaban J connectivity index is 1.37. The third-order valence-electron chi connectivity index (χ3n) is 4.74. The number of anilines is 1. The number of fused-ring (bicyclic) bond motifs is 1. The van der Waals surface area contributed by atoms with Crippen molar-refractivity contribution in [3.63, 3.8) is 0 Å². The number of rotatable bonds is 5. The molecular formula is C19H20ClFN4S. The second kappa shape index (κ2) is 7.86. The van der Waals surface area contributed by atoms with E-state index in [2.05, 4.69) is 26.3 Å². The van der Waals surface area contributed by atoms with Crippen LogP contribution in [0.1, 0.15) is 23.3 Å². The number of halogens is 2. The Labute approximate surface area is 161 Å². The van der Waals surface area contributed by atoms with Crippen LogP contribution in [0.5, 0.6) is 0 Å². The van der Waals surface area contributed by atoms with Gasteiger partial charge in [0.1, 0.15) is 22.8 Å². The summed E-state index contributed by atoms with van der Waals surface area (Å²) in [5.74, 6) is 1.23. The number of nitrogens with one attached hydrogen (secondary N) is 1. The molecule has 0 radical (unpaired) electrons. The van der Waals surface area contributed by atoms with Gasteiger partial charge in [0.25, 0.3) is 0 Å². The van der Waals surface area contributed by atoms with Crippen molar-refractivity contribution in [3.05, 3.63) is 52.9 Å². The monoisotopic (exact) mass is 390 g/mol. The van der Waals surface area contributed by atoms with E-state index in [1.165, 1.54) is 6.07 Å². The van der Waals surface area contributed by atoms with Crippen molar-refractivity contribution in [2.75, 3.05) is 18.4 Å². The molecule has 0 aliphatic carbocycles. The maximum atomic E-state index is 13.3. The maximum Gasteiger partial charge on any atom is 0.138 e. The Morgan fingerprint density at radius 3 is 2.85 bits per heavy atom. The molecule has 3 heterocycles. The third kappa shape index (κ3) is 3.98. The van der Waals surface area contributed by atoms with Crippen molar-refractivity contribution < 1.29 is 4.39 Å². The Hall–Kier alpha value is -1.76. The van der Waals surface area contributed by atoms with Gasteiger partial charge in [-0.05, 0) is 36.6 Å². The first kappa shape index (κ1) is 17.6. The lowest BCUT2D eigenvalue weighted by Gasteiger charge is -2.32. The second-order valence-electron chi connectivity index (χ2n) is 6.61. The van der Waals surface area contributed by atoms with E-state index in [0.717, 1.165) is 59.0 Å². The average Bonchev–Trinajstić information content (AvgIpc) is 3.08. The van der Waals surface area contributed by atoms with E-state index in [4.69, 9.17) is 11.6 Å². The molecule has 1 N–H and O–H groups in total. The predicted octanol–water partition coefficient (Wildman–Crippen LogP) is 4.65. The minimum atomic E-state index is -0.168. The zero-order valence-electron chi connectivity index (χ0n) is 14.3. The highest BCUT2D eigenvalue weighted by atomic mass is 35.5. The van der Waals surface area contributed by atoms with Crippen molar-refractivity contribution in [3.8, 4) is 0 Å². The molecule has 0 atom stereocenters. The molecule has 0 amide bonds. The fourth-order valence-corrected chi connectivity index (χ4v) is 4.49. The van der Waals surface area contributed by atoms with E-state index >= 15 is 0 Å². The van der Waals surface area contributed by atoms with E-state index < -0.39 is 0 Å². The summed E-state index contributed by atoms with van der Waals surface area (Å²) in [7, 11) is 0. The topological polar surface area (TPSA) is 41.0 Å². The van der Waals surface area contributed by atoms with Gasteiger partial charge >= 0.3 is 0 Å². The minimum absolute atomic E-state index is 0.168. The standard InChI is InChI=1S/C19H20ClFN4S/c20-10-16-9-17-18(22-12-23-19(17)26-16)24-15-4-6-25(7-5-15)11-13-2-1-3-14(21)8-13/h1-3,8-9,12,15H,4-7,10-11H2,(H,22,23,24). The molecular weight excluding hydrogens is 371 g/mol. The molecule has 7 heteroatoms. The van der Waals surface area contributed by atoms with Gasteiger partial charge in [0.15, 0.2) is 0 Å². The fourth-order valence-electron chi connectivity index (χ4n) is 3.41. The number of hydrogen-bond donors (Lipinski definition) is 1. The van der Waals surface area contributed by atoms with Gasteiger partial charge in [-0.3, -0.25) is 4.90 Å². The number of benzene rings is 1. The van der Waals surface area contributed by atoms with E-state index in [0.29, 0.717) is 11.9 Å². The number of aromatic nitrogens is 2. The Bertz CT molecular complexity index is 892. The van der Waals surface area contributed by atoms with Crippen LogP contribution in [0.3, 0.4) is 0 Å². The summed E-state index contributed by atoms with van der Waals surface area (Å²) in [6, 6.07) is 9.32. The maximum absolute atomic E-state index is 13.3. The van der Waals surface area contributed by atoms with Crippen LogP contribution in [0.15, 0.2) is 36.7 Å². The summed E-state index contributed by atoms with van der Waals surface area (Å²) in [4.78, 5) is 13.2. The molecule has 4 rings (SSSR count). The minimum Gasteiger partial charge on any atom is -0.367 e. The van der Waals surface area contributed by atoms with Crippen LogP contribution >= 0.6 is 22.9 Å². The van der Waals surface area contributed by atoms with Crippen molar-refractivity contribution >= 4 is 39.0 Å². The fraction of sp³-hybridized carbons (Fsp3) is 0.368. The molecule has 1 aliphatic heterocycles. The van der Waals surface area contributed by atoms with Crippen LogP contribution in [-0.2, 0) is 12.4 Å². The molecule has 1 aliphatic rings. The quantitative estimate of drug-likeness (QED) is 0.644. The van der Waals surface area contributed by atoms with Crippen molar-refractivity contribution in [2.45, 2.75) is 31.3 Å². The normalized spacial score (nSPS) is 16.2. The summed E-state index contributed by atoms with van der Waals surface area (Å²) in [5, 5.41) is 4.63. The molecule has 136 valence electrons. The lowest BCUT2D eigenvalue weighted by atomic mass is 10.0. The van der Waals surface area contributed by atoms with Gasteiger partial charge in [0.05, 0.1) is 11.3 Å². The Morgan fingerprint density at radius 1 is 1.23 bits per heavy atom. The first-order valence-corrected chi connectivity index (χ1v) is 10.1. The molecule has 3 aromatic rings. The van der Waals surface area contributed by atoms with Crippen molar-refractivity contribution in [1.82, 2.24) is 14.9 Å². The summed E-state index contributed by atoms with van der Waals surface area (Å²) >= 11 is 7.56. The predicted molar refractivity (Wildman–Crippen MR) is 105 cm³/mol. The molecule has 1 aromatic carbocycles. The Kier molecular flexibility index (Phi) is 5.33. The van der Waals surface area contributed by atoms with Gasteiger partial charge in [-0.15, -0.1) is 22.9 Å². The van der Waals surface area contributed by atoms with Crippen LogP contribution in [-0.4, -0.2) is 34.0 Å². The van der Waals surface area contributed by atoms with Crippen LogP contribution in [0.25, 0.3) is 10.2 Å². The first-order valence-electron chi connectivity index (χ1n) is 8.74. The summed E-state index contributed by atoms with van der Waals surface area (Å²) in [5.41, 5.74) is 1.03. The Morgan fingerprint density at radius 2 is 2.08 bits per heavy atom. The van der Waals surface area contributed by atoms with E-state index in [9.17, 15) is 4.39 Å². The van der Waals surface area contributed by atoms with Gasteiger partial charge < -0.3 is 5.32 Å². The average molecular weight is 391 g/mol. The molecule has 26 heavy (non-hydrogen) atoms. The molecule has 0 saturated carbocycles. The van der Waals surface area contributed by atoms with E-state index in [1.807, 2.05) is 6.07 Å². The number of nitrogens with zero attached hydrogens (tertiary/aromatic N) is 3. The van der Waals surface area contributed by atoms with Crippen molar-refractivity contribution in [1.29, 1.82) is 0 Å². The van der Waals surface area contributed by atoms with E-state index in [1.54, 1.807) is 29.8 Å². The highest BCUT2D eigenvalue weighted by molar-refractivity contribution is 7.18. The zero-order chi connectivity index (χ0) is 17.9. The molecule has 1 saturated heterocycles. The van der Waals surface area contributed by atoms with Crippen molar-refractivity contribution in [2.24, 2.45) is 0 Å². The van der Waals surface area contributed by atoms with Gasteiger partial charge in [0, 0.05) is 30.6 Å². The number of likely N-dealkylation sites (tertiary alicyclic amines) is 1. The largest absolute Gasteiger partial charge is 0.367 e. The molecule has 0 bridgehead atoms. The molecule has 4 nitrogen and oxygen atoms in total. The zero-order valence-corrected chi connectivity index (χ0v) is 15.9. The molecule has 1 fully saturated rings. The van der Waals surface area contributed by atoms with Gasteiger partial charge in [-0.25, -0.2) is 14.4 Å². The van der Waals surface area contributed by atoms with Crippen LogP contribution < -0.4 is 5.32 Å². The van der Waals surface area contributed by atoms with Gasteiger partial charge in [-0.1, -0.05) is 12.1 Å². The summed E-state index contributed by atoms with van der Waals surface area (Å²) < 4.78 is 13.3. The highest BCUT2D eigenvalue weighted by Gasteiger charge is 2.20. The lowest BCUT2D eigenvalue weighted by molar-refractivity contribution is 0.211. The molecule has 0 unspecified atom stereocenters. The highest BCUT2D eigenvalue weighted by Crippen LogP contribution is 2.30. The lowest BCUT2D eigenvalue weighted by Crippen LogP contribution is -2.38. The van der Waals surface area contributed by atoms with E-state index in [-0.39, 0.29) is 5.82 Å². The van der Waals surface area contributed by atoms with Crippen LogP contribution in [0.2, 0.25) is 0 Å². The summed E-state index contributed by atoms with van der Waals surface area (Å²) in [6.45, 7) is 2.77. The number of hydrogen-bond acceptors (Lipinski definition) is 5. The smallest absolute Gasteiger partial charge is 0.138 e. The van der Waals surface area contributed by atoms with Crippen LogP contribution in [0.4, 0.5) is 10.2 Å². The second-order valence-corrected chi connectivity index (χ2v) is 7.99. The summed E-state index contributed by atoms with van der Waals surface area (Å²) in [6.07, 6.45) is 3.68.